The molecule has 142 valence electrons. The summed E-state index contributed by atoms with van der Waals surface area (Å²) in [6.45, 7) is 2.57. The van der Waals surface area contributed by atoms with Gasteiger partial charge in [-0.2, -0.15) is 0 Å². The molecule has 1 N–H and O–H groups in total. The zero-order chi connectivity index (χ0) is 19.7. The molecule has 0 saturated heterocycles. The molecule has 4 aromatic rings. The highest BCUT2D eigenvalue weighted by molar-refractivity contribution is 6.31. The van der Waals surface area contributed by atoms with Gasteiger partial charge in [-0.1, -0.05) is 41.9 Å². The van der Waals surface area contributed by atoms with Gasteiger partial charge in [-0.05, 0) is 36.2 Å². The molecule has 28 heavy (non-hydrogen) atoms. The van der Waals surface area contributed by atoms with Gasteiger partial charge in [0.15, 0.2) is 0 Å². The number of rotatable bonds is 5. The SMILES string of the molecule is COc1ccc(-c2c(CO)n(Cc3ccccc3Cl)c3cc(C)ccc23)cn1. The second kappa shape index (κ2) is 7.66. The molecule has 0 saturated carbocycles. The van der Waals surface area contributed by atoms with Crippen LogP contribution in [0.4, 0.5) is 0 Å². The van der Waals surface area contributed by atoms with E-state index in [0.29, 0.717) is 17.4 Å². The summed E-state index contributed by atoms with van der Waals surface area (Å²) >= 11 is 6.41. The maximum Gasteiger partial charge on any atom is 0.212 e. The molecule has 0 unspecified atom stereocenters. The molecule has 0 aliphatic carbocycles. The summed E-state index contributed by atoms with van der Waals surface area (Å²) in [7, 11) is 1.60. The Morgan fingerprint density at radius 1 is 1.11 bits per heavy atom. The molecule has 0 fully saturated rings. The average Bonchev–Trinajstić information content (AvgIpc) is 3.02. The number of methoxy groups -OCH3 is 1. The Labute approximate surface area is 169 Å². The first-order valence-electron chi connectivity index (χ1n) is 9.08. The normalized spacial score (nSPS) is 11.1. The van der Waals surface area contributed by atoms with E-state index < -0.39 is 0 Å². The monoisotopic (exact) mass is 392 g/mol. The summed E-state index contributed by atoms with van der Waals surface area (Å²) in [5.74, 6) is 0.560. The van der Waals surface area contributed by atoms with Gasteiger partial charge < -0.3 is 14.4 Å². The van der Waals surface area contributed by atoms with Crippen molar-refractivity contribution in [2.45, 2.75) is 20.1 Å². The average molecular weight is 393 g/mol. The third-order valence-corrected chi connectivity index (χ3v) is 5.37. The number of aryl methyl sites for hydroxylation is 1. The van der Waals surface area contributed by atoms with Crippen LogP contribution >= 0.6 is 11.6 Å². The summed E-state index contributed by atoms with van der Waals surface area (Å²) in [4.78, 5) is 4.35. The van der Waals surface area contributed by atoms with Crippen molar-refractivity contribution < 1.29 is 9.84 Å². The van der Waals surface area contributed by atoms with Gasteiger partial charge in [0, 0.05) is 45.9 Å². The number of pyridine rings is 1. The Bertz CT molecular complexity index is 1130. The molecule has 0 radical (unpaired) electrons. The molecule has 0 aliphatic rings. The van der Waals surface area contributed by atoms with Crippen LogP contribution in [0.1, 0.15) is 16.8 Å². The van der Waals surface area contributed by atoms with Crippen LogP contribution in [-0.4, -0.2) is 21.8 Å². The van der Waals surface area contributed by atoms with E-state index in [-0.39, 0.29) is 6.61 Å². The Kier molecular flexibility index (Phi) is 5.07. The van der Waals surface area contributed by atoms with Crippen molar-refractivity contribution in [2.75, 3.05) is 7.11 Å². The molecule has 2 heterocycles. The molecule has 2 aromatic heterocycles. The standard InChI is InChI=1S/C23H21ClN2O2/c1-15-7-9-18-20(11-15)26(13-17-5-3-4-6-19(17)24)21(14-27)23(18)16-8-10-22(28-2)25-12-16/h3-12,27H,13-14H2,1-2H3. The third kappa shape index (κ3) is 3.26. The van der Waals surface area contributed by atoms with E-state index >= 15 is 0 Å². The van der Waals surface area contributed by atoms with Gasteiger partial charge in [0.2, 0.25) is 5.88 Å². The van der Waals surface area contributed by atoms with Crippen LogP contribution in [-0.2, 0) is 13.2 Å². The third-order valence-electron chi connectivity index (χ3n) is 5.00. The van der Waals surface area contributed by atoms with Crippen LogP contribution in [0.5, 0.6) is 5.88 Å². The van der Waals surface area contributed by atoms with Gasteiger partial charge >= 0.3 is 0 Å². The lowest BCUT2D eigenvalue weighted by Crippen LogP contribution is -2.05. The minimum Gasteiger partial charge on any atom is -0.481 e. The molecule has 2 aromatic carbocycles. The van der Waals surface area contributed by atoms with Gasteiger partial charge in [0.1, 0.15) is 0 Å². The van der Waals surface area contributed by atoms with E-state index in [4.69, 9.17) is 16.3 Å². The van der Waals surface area contributed by atoms with Crippen LogP contribution in [0.3, 0.4) is 0 Å². The van der Waals surface area contributed by atoms with Gasteiger partial charge in [-0.25, -0.2) is 4.98 Å². The topological polar surface area (TPSA) is 47.3 Å². The molecule has 4 rings (SSSR count). The van der Waals surface area contributed by atoms with Crippen molar-refractivity contribution in [1.29, 1.82) is 0 Å². The number of halogens is 1. The first kappa shape index (κ1) is 18.5. The number of hydrogen-bond acceptors (Lipinski definition) is 3. The fourth-order valence-corrected chi connectivity index (χ4v) is 3.82. The number of hydrogen-bond donors (Lipinski definition) is 1. The zero-order valence-electron chi connectivity index (χ0n) is 15.8. The van der Waals surface area contributed by atoms with E-state index in [9.17, 15) is 5.11 Å². The molecule has 5 heteroatoms. The number of aromatic nitrogens is 2. The predicted molar refractivity (Wildman–Crippen MR) is 113 cm³/mol. The van der Waals surface area contributed by atoms with E-state index in [2.05, 4.69) is 34.7 Å². The molecular weight excluding hydrogens is 372 g/mol. The number of ether oxygens (including phenoxy) is 1. The molecule has 4 nitrogen and oxygen atoms in total. The number of benzene rings is 2. The summed E-state index contributed by atoms with van der Waals surface area (Å²) in [6.07, 6.45) is 1.78. The minimum absolute atomic E-state index is 0.0838. The number of aliphatic hydroxyl groups excluding tert-OH is 1. The first-order valence-corrected chi connectivity index (χ1v) is 9.46. The number of aliphatic hydroxyl groups is 1. The van der Waals surface area contributed by atoms with Crippen molar-refractivity contribution >= 4 is 22.5 Å². The lowest BCUT2D eigenvalue weighted by atomic mass is 10.0. The molecule has 0 atom stereocenters. The van der Waals surface area contributed by atoms with E-state index in [1.54, 1.807) is 13.3 Å². The summed E-state index contributed by atoms with van der Waals surface area (Å²) in [5, 5.41) is 12.1. The molecule has 0 spiro atoms. The van der Waals surface area contributed by atoms with Crippen molar-refractivity contribution in [1.82, 2.24) is 9.55 Å². The lowest BCUT2D eigenvalue weighted by Gasteiger charge is -2.12. The minimum atomic E-state index is -0.0838. The fourth-order valence-electron chi connectivity index (χ4n) is 3.63. The van der Waals surface area contributed by atoms with Crippen LogP contribution in [0, 0.1) is 6.92 Å². The van der Waals surface area contributed by atoms with E-state index in [0.717, 1.165) is 38.9 Å². The smallest absolute Gasteiger partial charge is 0.212 e. The van der Waals surface area contributed by atoms with E-state index in [1.165, 1.54) is 0 Å². The predicted octanol–water partition coefficient (Wildman–Crippen LogP) is 5.21. The Morgan fingerprint density at radius 2 is 1.93 bits per heavy atom. The van der Waals surface area contributed by atoms with Crippen LogP contribution in [0.15, 0.2) is 60.8 Å². The molecule has 0 bridgehead atoms. The highest BCUT2D eigenvalue weighted by atomic mass is 35.5. The maximum atomic E-state index is 10.3. The summed E-state index contributed by atoms with van der Waals surface area (Å²) in [5.41, 5.74) is 6.00. The van der Waals surface area contributed by atoms with Gasteiger partial charge in [-0.15, -0.1) is 0 Å². The maximum absolute atomic E-state index is 10.3. The molecular formula is C23H21ClN2O2. The van der Waals surface area contributed by atoms with Crippen molar-refractivity contribution in [3.8, 4) is 17.0 Å². The van der Waals surface area contributed by atoms with Crippen LogP contribution in [0.25, 0.3) is 22.0 Å². The summed E-state index contributed by atoms with van der Waals surface area (Å²) in [6, 6.07) is 17.9. The van der Waals surface area contributed by atoms with Crippen molar-refractivity contribution in [3.63, 3.8) is 0 Å². The van der Waals surface area contributed by atoms with Gasteiger partial charge in [0.25, 0.3) is 0 Å². The quantitative estimate of drug-likeness (QED) is 0.507. The number of fused-ring (bicyclic) bond motifs is 1. The van der Waals surface area contributed by atoms with Crippen molar-refractivity contribution in [3.05, 3.63) is 82.6 Å². The second-order valence-corrected chi connectivity index (χ2v) is 7.17. The lowest BCUT2D eigenvalue weighted by molar-refractivity contribution is 0.273. The highest BCUT2D eigenvalue weighted by Gasteiger charge is 2.19. The highest BCUT2D eigenvalue weighted by Crippen LogP contribution is 2.36. The van der Waals surface area contributed by atoms with Crippen molar-refractivity contribution in [2.24, 2.45) is 0 Å². The number of nitrogens with zero attached hydrogens (tertiary/aromatic N) is 2. The van der Waals surface area contributed by atoms with E-state index in [1.807, 2.05) is 36.4 Å². The van der Waals surface area contributed by atoms with Crippen LogP contribution < -0.4 is 4.74 Å². The van der Waals surface area contributed by atoms with Gasteiger partial charge in [-0.3, -0.25) is 0 Å². The molecule has 0 amide bonds. The molecule has 0 aliphatic heterocycles. The Morgan fingerprint density at radius 3 is 2.61 bits per heavy atom. The summed E-state index contributed by atoms with van der Waals surface area (Å²) < 4.78 is 7.32. The zero-order valence-corrected chi connectivity index (χ0v) is 16.6. The Hall–Kier alpha value is -2.82. The fraction of sp³-hybridized carbons (Fsp3) is 0.174. The second-order valence-electron chi connectivity index (χ2n) is 6.77. The Balaban J connectivity index is 1.96. The largest absolute Gasteiger partial charge is 0.481 e. The first-order chi connectivity index (χ1) is 13.6. The van der Waals surface area contributed by atoms with Crippen LogP contribution in [0.2, 0.25) is 5.02 Å². The van der Waals surface area contributed by atoms with Gasteiger partial charge in [0.05, 0.1) is 19.4 Å².